The third kappa shape index (κ3) is 3.38. The molecular weight excluding hydrogens is 344 g/mol. The van der Waals surface area contributed by atoms with Crippen LogP contribution in [0.3, 0.4) is 0 Å². The predicted octanol–water partition coefficient (Wildman–Crippen LogP) is 3.21. The molecule has 4 rings (SSSR count). The van der Waals surface area contributed by atoms with E-state index in [-0.39, 0.29) is 0 Å². The van der Waals surface area contributed by atoms with Gasteiger partial charge in [-0.15, -0.1) is 0 Å². The van der Waals surface area contributed by atoms with Gasteiger partial charge in [-0.25, -0.2) is 4.98 Å². The molecule has 1 aromatic heterocycles. The summed E-state index contributed by atoms with van der Waals surface area (Å²) in [6.07, 6.45) is 6.83. The smallest absolute Gasteiger partial charge is 0.168 e. The molecular formula is C24H24N2Si. The Kier molecular flexibility index (Phi) is 4.78. The Labute approximate surface area is 162 Å². The maximum atomic E-state index is 4.31. The van der Waals surface area contributed by atoms with Crippen LogP contribution in [-0.4, -0.2) is 17.6 Å². The first-order valence-electron chi connectivity index (χ1n) is 9.34. The fourth-order valence-electron chi connectivity index (χ4n) is 3.97. The highest BCUT2D eigenvalue weighted by atomic mass is 28.3. The summed E-state index contributed by atoms with van der Waals surface area (Å²) in [5, 5.41) is 4.30. The summed E-state index contributed by atoms with van der Waals surface area (Å²) in [4.78, 5) is 4.31. The molecule has 0 fully saturated rings. The van der Waals surface area contributed by atoms with Gasteiger partial charge in [0.1, 0.15) is 0 Å². The molecule has 1 heterocycles. The fourth-order valence-corrected chi connectivity index (χ4v) is 8.73. The molecule has 0 aliphatic rings. The Morgan fingerprint density at radius 2 is 1.33 bits per heavy atom. The number of aromatic nitrogens is 2. The Hall–Kier alpha value is -2.91. The molecule has 2 nitrogen and oxygen atoms in total. The van der Waals surface area contributed by atoms with Crippen molar-refractivity contribution in [1.29, 1.82) is 0 Å². The molecule has 3 aromatic carbocycles. The Bertz CT molecular complexity index is 978. The van der Waals surface area contributed by atoms with Crippen molar-refractivity contribution < 1.29 is 0 Å². The zero-order valence-electron chi connectivity index (χ0n) is 15.8. The number of hydrogen-bond acceptors (Lipinski definition) is 1. The monoisotopic (exact) mass is 368 g/mol. The minimum absolute atomic E-state index is 0.934. The van der Waals surface area contributed by atoms with E-state index in [0.29, 0.717) is 0 Å². The number of aryl methyl sites for hydroxylation is 2. The summed E-state index contributed by atoms with van der Waals surface area (Å²) in [6, 6.07) is 29.1. The molecule has 0 amide bonds. The Morgan fingerprint density at radius 1 is 0.741 bits per heavy atom. The van der Waals surface area contributed by atoms with Crippen LogP contribution in [-0.2, 0) is 6.17 Å². The van der Waals surface area contributed by atoms with Gasteiger partial charge in [-0.1, -0.05) is 90.0 Å². The number of rotatable bonds is 5. The second kappa shape index (κ2) is 7.37. The molecule has 0 radical (unpaired) electrons. The van der Waals surface area contributed by atoms with E-state index in [2.05, 4.69) is 108 Å². The van der Waals surface area contributed by atoms with E-state index in [1.807, 2.05) is 12.5 Å². The SMILES string of the molecule is Cc1cccc([Si](Cn2ccnc2)(c2ccccc2)c2cccc(C)c2)c1. The minimum Gasteiger partial charge on any atom is -0.339 e. The van der Waals surface area contributed by atoms with Crippen LogP contribution in [0.2, 0.25) is 0 Å². The third-order valence-electron chi connectivity index (χ3n) is 5.27. The number of nitrogens with zero attached hydrogens (tertiary/aromatic N) is 2. The van der Waals surface area contributed by atoms with Crippen LogP contribution in [0.5, 0.6) is 0 Å². The maximum Gasteiger partial charge on any atom is 0.168 e. The van der Waals surface area contributed by atoms with Gasteiger partial charge in [-0.05, 0) is 29.4 Å². The fraction of sp³-hybridized carbons (Fsp3) is 0.125. The van der Waals surface area contributed by atoms with E-state index in [4.69, 9.17) is 0 Å². The van der Waals surface area contributed by atoms with Crippen LogP contribution >= 0.6 is 0 Å². The first-order chi connectivity index (χ1) is 13.2. The lowest BCUT2D eigenvalue weighted by atomic mass is 10.2. The average Bonchev–Trinajstić information content (AvgIpc) is 3.20. The molecule has 3 heteroatoms. The first-order valence-corrected chi connectivity index (χ1v) is 11.5. The highest BCUT2D eigenvalue weighted by Crippen LogP contribution is 2.13. The van der Waals surface area contributed by atoms with Gasteiger partial charge in [-0.2, -0.15) is 0 Å². The Morgan fingerprint density at radius 3 is 1.85 bits per heavy atom. The summed E-state index contributed by atoms with van der Waals surface area (Å²) in [5.41, 5.74) is 2.61. The molecule has 0 saturated heterocycles. The van der Waals surface area contributed by atoms with Crippen LogP contribution < -0.4 is 15.6 Å². The van der Waals surface area contributed by atoms with Gasteiger partial charge < -0.3 is 4.57 Å². The molecule has 0 saturated carbocycles. The van der Waals surface area contributed by atoms with Gasteiger partial charge >= 0.3 is 0 Å². The van der Waals surface area contributed by atoms with Crippen LogP contribution in [0.1, 0.15) is 11.1 Å². The van der Waals surface area contributed by atoms with Crippen molar-refractivity contribution in [3.05, 3.63) is 109 Å². The zero-order valence-corrected chi connectivity index (χ0v) is 16.8. The van der Waals surface area contributed by atoms with E-state index in [1.165, 1.54) is 26.7 Å². The van der Waals surface area contributed by atoms with Gasteiger partial charge in [0, 0.05) is 18.6 Å². The Balaban J connectivity index is 2.04. The number of hydrogen-bond donors (Lipinski definition) is 0. The van der Waals surface area contributed by atoms with E-state index in [9.17, 15) is 0 Å². The summed E-state index contributed by atoms with van der Waals surface area (Å²) in [7, 11) is -2.27. The van der Waals surface area contributed by atoms with E-state index in [0.717, 1.165) is 6.17 Å². The summed E-state index contributed by atoms with van der Waals surface area (Å²) < 4.78 is 2.24. The van der Waals surface area contributed by atoms with Crippen molar-refractivity contribution >= 4 is 23.6 Å². The van der Waals surface area contributed by atoms with Gasteiger partial charge in [0.05, 0.1) is 6.33 Å². The van der Waals surface area contributed by atoms with Crippen molar-refractivity contribution in [1.82, 2.24) is 9.55 Å². The highest BCUT2D eigenvalue weighted by molar-refractivity contribution is 7.10. The summed E-state index contributed by atoms with van der Waals surface area (Å²) in [6.45, 7) is 4.36. The third-order valence-corrected chi connectivity index (χ3v) is 10.0. The van der Waals surface area contributed by atoms with Crippen LogP contribution in [0.15, 0.2) is 97.6 Å². The summed E-state index contributed by atoms with van der Waals surface area (Å²) in [5.74, 6) is 0. The van der Waals surface area contributed by atoms with E-state index >= 15 is 0 Å². The van der Waals surface area contributed by atoms with Gasteiger partial charge in [0.25, 0.3) is 0 Å². The predicted molar refractivity (Wildman–Crippen MR) is 116 cm³/mol. The lowest BCUT2D eigenvalue weighted by Gasteiger charge is -2.34. The van der Waals surface area contributed by atoms with E-state index in [1.54, 1.807) is 0 Å². The van der Waals surface area contributed by atoms with E-state index < -0.39 is 8.07 Å². The van der Waals surface area contributed by atoms with Gasteiger partial charge in [0.15, 0.2) is 8.07 Å². The van der Waals surface area contributed by atoms with Crippen LogP contribution in [0, 0.1) is 13.8 Å². The van der Waals surface area contributed by atoms with Gasteiger partial charge in [-0.3, -0.25) is 0 Å². The molecule has 27 heavy (non-hydrogen) atoms. The summed E-state index contributed by atoms with van der Waals surface area (Å²) >= 11 is 0. The van der Waals surface area contributed by atoms with Crippen molar-refractivity contribution in [3.63, 3.8) is 0 Å². The molecule has 134 valence electrons. The molecule has 0 aliphatic carbocycles. The van der Waals surface area contributed by atoms with Crippen molar-refractivity contribution in [3.8, 4) is 0 Å². The zero-order chi connectivity index (χ0) is 18.7. The standard InChI is InChI=1S/C24H24N2Si/c1-20-8-6-12-23(16-20)27(19-26-15-14-25-18-26,22-10-4-3-5-11-22)24-13-7-9-21(2)17-24/h3-18H,19H2,1-2H3. The second-order valence-electron chi connectivity index (χ2n) is 7.25. The van der Waals surface area contributed by atoms with Crippen molar-refractivity contribution in [2.45, 2.75) is 20.0 Å². The highest BCUT2D eigenvalue weighted by Gasteiger charge is 2.40. The minimum atomic E-state index is -2.27. The van der Waals surface area contributed by atoms with Crippen LogP contribution in [0.4, 0.5) is 0 Å². The first kappa shape index (κ1) is 17.5. The molecule has 0 N–H and O–H groups in total. The second-order valence-corrected chi connectivity index (χ2v) is 11.1. The normalized spacial score (nSPS) is 11.5. The largest absolute Gasteiger partial charge is 0.339 e. The number of imidazole rings is 1. The molecule has 0 aliphatic heterocycles. The van der Waals surface area contributed by atoms with Crippen LogP contribution in [0.25, 0.3) is 0 Å². The molecule has 0 unspecified atom stereocenters. The van der Waals surface area contributed by atoms with Gasteiger partial charge in [0.2, 0.25) is 0 Å². The van der Waals surface area contributed by atoms with Crippen molar-refractivity contribution in [2.75, 3.05) is 0 Å². The molecule has 0 bridgehead atoms. The molecule has 0 atom stereocenters. The number of benzene rings is 3. The lowest BCUT2D eigenvalue weighted by molar-refractivity contribution is 0.862. The quantitative estimate of drug-likeness (QED) is 0.391. The van der Waals surface area contributed by atoms with Crippen molar-refractivity contribution in [2.24, 2.45) is 0 Å². The topological polar surface area (TPSA) is 17.8 Å². The molecule has 0 spiro atoms. The maximum absolute atomic E-state index is 4.31. The average molecular weight is 369 g/mol. The lowest BCUT2D eigenvalue weighted by Crippen LogP contribution is -2.69. The molecule has 4 aromatic rings.